The number of nitrogens with one attached hydrogen (secondary N) is 1. The third kappa shape index (κ3) is 3.45. The van der Waals surface area contributed by atoms with E-state index in [2.05, 4.69) is 48.0 Å². The van der Waals surface area contributed by atoms with E-state index >= 15 is 0 Å². The number of likely N-dealkylation sites (tertiary alicyclic amines) is 1. The van der Waals surface area contributed by atoms with E-state index in [1.807, 2.05) is 22.7 Å². The summed E-state index contributed by atoms with van der Waals surface area (Å²) in [6.07, 6.45) is 3.01. The molecule has 0 bridgehead atoms. The lowest BCUT2D eigenvalue weighted by molar-refractivity contribution is 0.0593. The Labute approximate surface area is 148 Å². The average molecular weight is 344 g/mol. The minimum absolute atomic E-state index is 0.0188. The average Bonchev–Trinajstić information content (AvgIpc) is 3.21. The molecular formula is C18H28N6O. The Bertz CT molecular complexity index is 745. The zero-order valence-electron chi connectivity index (χ0n) is 15.8. The summed E-state index contributed by atoms with van der Waals surface area (Å²) in [5, 5.41) is 11.8. The number of hydrogen-bond acceptors (Lipinski definition) is 4. The number of amides is 1. The van der Waals surface area contributed by atoms with Crippen molar-refractivity contribution in [3.8, 4) is 0 Å². The summed E-state index contributed by atoms with van der Waals surface area (Å²) >= 11 is 0. The van der Waals surface area contributed by atoms with E-state index in [0.717, 1.165) is 43.1 Å². The Morgan fingerprint density at radius 2 is 2.00 bits per heavy atom. The van der Waals surface area contributed by atoms with Crippen LogP contribution in [0.2, 0.25) is 0 Å². The summed E-state index contributed by atoms with van der Waals surface area (Å²) in [5.74, 6) is 2.17. The first-order valence-corrected chi connectivity index (χ1v) is 9.15. The second kappa shape index (κ2) is 6.98. The van der Waals surface area contributed by atoms with Gasteiger partial charge in [-0.2, -0.15) is 10.2 Å². The minimum atomic E-state index is -0.0502. The molecule has 7 heteroatoms. The van der Waals surface area contributed by atoms with Crippen LogP contribution in [0, 0.1) is 0 Å². The molecule has 3 rings (SSSR count). The number of H-pyrrole nitrogens is 1. The molecule has 0 aliphatic carbocycles. The van der Waals surface area contributed by atoms with Gasteiger partial charge in [-0.15, -0.1) is 0 Å². The fourth-order valence-electron chi connectivity index (χ4n) is 3.43. The highest BCUT2D eigenvalue weighted by Crippen LogP contribution is 2.31. The zero-order valence-corrected chi connectivity index (χ0v) is 15.8. The van der Waals surface area contributed by atoms with Crippen LogP contribution in [0.4, 0.5) is 0 Å². The van der Waals surface area contributed by atoms with Gasteiger partial charge >= 0.3 is 0 Å². The van der Waals surface area contributed by atoms with Crippen molar-refractivity contribution in [2.24, 2.45) is 7.05 Å². The summed E-state index contributed by atoms with van der Waals surface area (Å²) in [6, 6.07) is 1.87. The highest BCUT2D eigenvalue weighted by molar-refractivity contribution is 5.92. The summed E-state index contributed by atoms with van der Waals surface area (Å²) < 4.78 is 1.81. The molecule has 1 aliphatic heterocycles. The predicted molar refractivity (Wildman–Crippen MR) is 95.4 cm³/mol. The van der Waals surface area contributed by atoms with Crippen LogP contribution in [0.15, 0.2) is 6.07 Å². The number of nitrogens with zero attached hydrogens (tertiary/aromatic N) is 5. The van der Waals surface area contributed by atoms with Crippen LogP contribution < -0.4 is 0 Å². The third-order valence-corrected chi connectivity index (χ3v) is 4.84. The lowest BCUT2D eigenvalue weighted by atomic mass is 10.0. The topological polar surface area (TPSA) is 79.7 Å². The molecule has 136 valence electrons. The standard InChI is InChI=1S/C18H28N6O/c1-11(2)15-10-13(22-23(15)5)18(25)24-9-7-6-8-14(24)17-19-16(12(3)4)20-21-17/h10-12,14H,6-9H2,1-5H3,(H,19,20,21). The number of aryl methyl sites for hydroxylation is 1. The van der Waals surface area contributed by atoms with Crippen molar-refractivity contribution in [1.29, 1.82) is 0 Å². The van der Waals surface area contributed by atoms with Crippen molar-refractivity contribution in [1.82, 2.24) is 29.9 Å². The molecule has 1 atom stereocenters. The quantitative estimate of drug-likeness (QED) is 0.924. The molecule has 1 fully saturated rings. The van der Waals surface area contributed by atoms with Crippen LogP contribution in [-0.4, -0.2) is 42.3 Å². The molecular weight excluding hydrogens is 316 g/mol. The monoisotopic (exact) mass is 344 g/mol. The molecule has 1 aliphatic rings. The molecule has 7 nitrogen and oxygen atoms in total. The first-order chi connectivity index (χ1) is 11.9. The van der Waals surface area contributed by atoms with E-state index in [0.29, 0.717) is 11.6 Å². The van der Waals surface area contributed by atoms with Gasteiger partial charge in [0.2, 0.25) is 0 Å². The first-order valence-electron chi connectivity index (χ1n) is 9.15. The van der Waals surface area contributed by atoms with E-state index < -0.39 is 0 Å². The second-order valence-corrected chi connectivity index (χ2v) is 7.48. The van der Waals surface area contributed by atoms with Gasteiger partial charge in [-0.1, -0.05) is 27.7 Å². The fraction of sp³-hybridized carbons (Fsp3) is 0.667. The predicted octanol–water partition coefficient (Wildman–Crippen LogP) is 3.15. The van der Waals surface area contributed by atoms with Gasteiger partial charge in [-0.25, -0.2) is 4.98 Å². The van der Waals surface area contributed by atoms with Crippen LogP contribution in [-0.2, 0) is 7.05 Å². The maximum Gasteiger partial charge on any atom is 0.274 e. The molecule has 0 aromatic carbocycles. The summed E-state index contributed by atoms with van der Waals surface area (Å²) in [6.45, 7) is 9.08. The maximum atomic E-state index is 13.1. The summed E-state index contributed by atoms with van der Waals surface area (Å²) in [5.41, 5.74) is 1.58. The molecule has 1 saturated heterocycles. The van der Waals surface area contributed by atoms with E-state index in [4.69, 9.17) is 0 Å². The highest BCUT2D eigenvalue weighted by Gasteiger charge is 2.32. The SMILES string of the molecule is CC(C)c1n[nH]c(C2CCCCN2C(=O)c2cc(C(C)C)n(C)n2)n1. The Morgan fingerprint density at radius 1 is 1.24 bits per heavy atom. The molecule has 0 saturated carbocycles. The summed E-state index contributed by atoms with van der Waals surface area (Å²) in [7, 11) is 1.89. The normalized spacial score (nSPS) is 18.4. The van der Waals surface area contributed by atoms with Gasteiger partial charge in [0.15, 0.2) is 11.5 Å². The number of aromatic nitrogens is 5. The van der Waals surface area contributed by atoms with Gasteiger partial charge in [-0.05, 0) is 31.2 Å². The van der Waals surface area contributed by atoms with E-state index in [9.17, 15) is 4.79 Å². The molecule has 0 spiro atoms. The van der Waals surface area contributed by atoms with Gasteiger partial charge in [0.05, 0.1) is 6.04 Å². The van der Waals surface area contributed by atoms with Gasteiger partial charge in [-0.3, -0.25) is 14.6 Å². The van der Waals surface area contributed by atoms with Crippen LogP contribution in [0.5, 0.6) is 0 Å². The molecule has 1 unspecified atom stereocenters. The third-order valence-electron chi connectivity index (χ3n) is 4.84. The Morgan fingerprint density at radius 3 is 2.60 bits per heavy atom. The smallest absolute Gasteiger partial charge is 0.274 e. The van der Waals surface area contributed by atoms with Crippen molar-refractivity contribution < 1.29 is 4.79 Å². The van der Waals surface area contributed by atoms with Crippen molar-refractivity contribution in [2.75, 3.05) is 6.54 Å². The molecule has 0 radical (unpaired) electrons. The van der Waals surface area contributed by atoms with Gasteiger partial charge in [0.25, 0.3) is 5.91 Å². The Balaban J connectivity index is 1.87. The van der Waals surface area contributed by atoms with Crippen LogP contribution in [0.1, 0.15) is 92.7 Å². The first kappa shape index (κ1) is 17.6. The Hall–Kier alpha value is -2.18. The number of hydrogen-bond donors (Lipinski definition) is 1. The van der Waals surface area contributed by atoms with E-state index in [1.165, 1.54) is 0 Å². The van der Waals surface area contributed by atoms with Gasteiger partial charge < -0.3 is 4.90 Å². The van der Waals surface area contributed by atoms with Crippen molar-refractivity contribution in [3.05, 3.63) is 29.1 Å². The number of carbonyl (C=O) groups is 1. The molecule has 2 aromatic rings. The summed E-state index contributed by atoms with van der Waals surface area (Å²) in [4.78, 5) is 19.6. The van der Waals surface area contributed by atoms with Crippen LogP contribution in [0.3, 0.4) is 0 Å². The molecule has 1 N–H and O–H groups in total. The lowest BCUT2D eigenvalue weighted by Gasteiger charge is -2.33. The van der Waals surface area contributed by atoms with Crippen molar-refractivity contribution in [2.45, 2.75) is 64.8 Å². The van der Waals surface area contributed by atoms with E-state index in [-0.39, 0.29) is 17.9 Å². The molecule has 2 aromatic heterocycles. The lowest BCUT2D eigenvalue weighted by Crippen LogP contribution is -2.39. The minimum Gasteiger partial charge on any atom is -0.327 e. The van der Waals surface area contributed by atoms with Crippen LogP contribution >= 0.6 is 0 Å². The molecule has 1 amide bonds. The highest BCUT2D eigenvalue weighted by atomic mass is 16.2. The number of carbonyl (C=O) groups excluding carboxylic acids is 1. The van der Waals surface area contributed by atoms with E-state index in [1.54, 1.807) is 0 Å². The largest absolute Gasteiger partial charge is 0.327 e. The van der Waals surface area contributed by atoms with Crippen molar-refractivity contribution >= 4 is 5.91 Å². The molecule has 25 heavy (non-hydrogen) atoms. The van der Waals surface area contributed by atoms with Crippen molar-refractivity contribution in [3.63, 3.8) is 0 Å². The number of rotatable bonds is 4. The van der Waals surface area contributed by atoms with Crippen LogP contribution in [0.25, 0.3) is 0 Å². The number of aromatic amines is 1. The Kier molecular flexibility index (Phi) is 4.92. The molecule has 3 heterocycles. The number of piperidine rings is 1. The van der Waals surface area contributed by atoms with Gasteiger partial charge in [0, 0.05) is 25.2 Å². The van der Waals surface area contributed by atoms with Gasteiger partial charge in [0.1, 0.15) is 5.82 Å². The fourth-order valence-corrected chi connectivity index (χ4v) is 3.43. The second-order valence-electron chi connectivity index (χ2n) is 7.48. The zero-order chi connectivity index (χ0) is 18.1. The maximum absolute atomic E-state index is 13.1.